The Balaban J connectivity index is 1.89. The SMILES string of the molecule is Nc1ncnc2c1[C@H](Nc1ccc(F)cc1)N=N2. The van der Waals surface area contributed by atoms with Gasteiger partial charge in [-0.25, -0.2) is 14.4 Å². The highest BCUT2D eigenvalue weighted by Crippen LogP contribution is 2.36. The van der Waals surface area contributed by atoms with Crippen molar-refractivity contribution in [1.29, 1.82) is 0 Å². The molecule has 1 aliphatic rings. The number of benzene rings is 1. The van der Waals surface area contributed by atoms with Gasteiger partial charge in [-0.3, -0.25) is 0 Å². The number of hydrogen-bond acceptors (Lipinski definition) is 6. The number of aromatic nitrogens is 2. The lowest BCUT2D eigenvalue weighted by molar-refractivity contribution is 0.628. The van der Waals surface area contributed by atoms with Gasteiger partial charge in [0.05, 0.1) is 5.56 Å². The number of nitrogens with two attached hydrogens (primary N) is 1. The van der Waals surface area contributed by atoms with Crippen molar-refractivity contribution in [3.63, 3.8) is 0 Å². The first-order valence-corrected chi connectivity index (χ1v) is 5.27. The average molecular weight is 244 g/mol. The summed E-state index contributed by atoms with van der Waals surface area (Å²) in [6, 6.07) is 5.95. The Bertz CT molecular complexity index is 609. The summed E-state index contributed by atoms with van der Waals surface area (Å²) in [6.45, 7) is 0. The van der Waals surface area contributed by atoms with Gasteiger partial charge in [-0.05, 0) is 24.3 Å². The van der Waals surface area contributed by atoms with Crippen molar-refractivity contribution in [3.05, 3.63) is 42.0 Å². The summed E-state index contributed by atoms with van der Waals surface area (Å²) in [6.07, 6.45) is 0.902. The number of hydrogen-bond donors (Lipinski definition) is 2. The first-order chi connectivity index (χ1) is 8.74. The average Bonchev–Trinajstić information content (AvgIpc) is 2.77. The second kappa shape index (κ2) is 4.02. The van der Waals surface area contributed by atoms with Gasteiger partial charge in [0.15, 0.2) is 12.0 Å². The molecule has 2 aromatic rings. The van der Waals surface area contributed by atoms with E-state index in [-0.39, 0.29) is 5.82 Å². The van der Waals surface area contributed by atoms with Crippen LogP contribution >= 0.6 is 0 Å². The molecule has 0 spiro atoms. The van der Waals surface area contributed by atoms with Crippen molar-refractivity contribution >= 4 is 17.3 Å². The van der Waals surface area contributed by atoms with E-state index in [1.165, 1.54) is 18.5 Å². The molecular weight excluding hydrogens is 235 g/mol. The molecule has 0 amide bonds. The van der Waals surface area contributed by atoms with Crippen molar-refractivity contribution in [2.24, 2.45) is 10.2 Å². The number of nitrogens with zero attached hydrogens (tertiary/aromatic N) is 4. The molecule has 3 N–H and O–H groups in total. The maximum atomic E-state index is 12.8. The molecular formula is C11H9FN6. The Labute approximate surface area is 102 Å². The lowest BCUT2D eigenvalue weighted by Gasteiger charge is -2.12. The highest BCUT2D eigenvalue weighted by Gasteiger charge is 2.25. The van der Waals surface area contributed by atoms with Crippen LogP contribution in [0.5, 0.6) is 0 Å². The molecule has 6 nitrogen and oxygen atoms in total. The number of nitrogen functional groups attached to an aromatic ring is 1. The summed E-state index contributed by atoms with van der Waals surface area (Å²) < 4.78 is 12.8. The van der Waals surface area contributed by atoms with Gasteiger partial charge in [0.25, 0.3) is 0 Å². The van der Waals surface area contributed by atoms with Crippen molar-refractivity contribution < 1.29 is 4.39 Å². The monoisotopic (exact) mass is 244 g/mol. The third-order valence-electron chi connectivity index (χ3n) is 2.58. The van der Waals surface area contributed by atoms with Gasteiger partial charge in [0, 0.05) is 5.69 Å². The van der Waals surface area contributed by atoms with Gasteiger partial charge in [-0.2, -0.15) is 5.11 Å². The Morgan fingerprint density at radius 3 is 2.72 bits per heavy atom. The Morgan fingerprint density at radius 1 is 1.17 bits per heavy atom. The molecule has 18 heavy (non-hydrogen) atoms. The van der Waals surface area contributed by atoms with E-state index >= 15 is 0 Å². The van der Waals surface area contributed by atoms with Gasteiger partial charge >= 0.3 is 0 Å². The fraction of sp³-hybridized carbons (Fsp3) is 0.0909. The van der Waals surface area contributed by atoms with Crippen LogP contribution in [0.15, 0.2) is 40.8 Å². The summed E-state index contributed by atoms with van der Waals surface area (Å²) in [5, 5.41) is 11.0. The molecule has 0 bridgehead atoms. The lowest BCUT2D eigenvalue weighted by Crippen LogP contribution is -2.09. The molecule has 3 rings (SSSR count). The Morgan fingerprint density at radius 2 is 1.94 bits per heavy atom. The van der Waals surface area contributed by atoms with Crippen LogP contribution in [0.25, 0.3) is 0 Å². The van der Waals surface area contributed by atoms with E-state index in [0.717, 1.165) is 5.69 Å². The fourth-order valence-corrected chi connectivity index (χ4v) is 1.72. The zero-order valence-corrected chi connectivity index (χ0v) is 9.21. The molecule has 0 unspecified atom stereocenters. The van der Waals surface area contributed by atoms with E-state index in [1.807, 2.05) is 0 Å². The van der Waals surface area contributed by atoms with E-state index in [4.69, 9.17) is 5.73 Å². The Hall–Kier alpha value is -2.57. The van der Waals surface area contributed by atoms with E-state index < -0.39 is 6.17 Å². The first kappa shape index (κ1) is 10.6. The largest absolute Gasteiger partial charge is 0.383 e. The number of halogens is 1. The minimum Gasteiger partial charge on any atom is -0.383 e. The van der Waals surface area contributed by atoms with E-state index in [1.54, 1.807) is 12.1 Å². The van der Waals surface area contributed by atoms with Crippen LogP contribution in [-0.4, -0.2) is 9.97 Å². The van der Waals surface area contributed by atoms with Gasteiger partial charge in [0.1, 0.15) is 18.0 Å². The summed E-state index contributed by atoms with van der Waals surface area (Å²) in [5.74, 6) is 0.503. The molecule has 0 fully saturated rings. The fourth-order valence-electron chi connectivity index (χ4n) is 1.72. The van der Waals surface area contributed by atoms with E-state index in [9.17, 15) is 4.39 Å². The van der Waals surface area contributed by atoms with Gasteiger partial charge in [-0.1, -0.05) is 0 Å². The highest BCUT2D eigenvalue weighted by atomic mass is 19.1. The molecule has 1 aromatic heterocycles. The van der Waals surface area contributed by atoms with Gasteiger partial charge in [-0.15, -0.1) is 5.11 Å². The molecule has 1 aliphatic heterocycles. The topological polar surface area (TPSA) is 88.5 Å². The van der Waals surface area contributed by atoms with Crippen LogP contribution < -0.4 is 11.1 Å². The molecule has 7 heteroatoms. The smallest absolute Gasteiger partial charge is 0.186 e. The van der Waals surface area contributed by atoms with Gasteiger partial charge in [0.2, 0.25) is 0 Å². The van der Waals surface area contributed by atoms with Crippen molar-refractivity contribution in [3.8, 4) is 0 Å². The first-order valence-electron chi connectivity index (χ1n) is 5.27. The molecule has 1 atom stereocenters. The summed E-state index contributed by atoms with van der Waals surface area (Å²) >= 11 is 0. The van der Waals surface area contributed by atoms with E-state index in [2.05, 4.69) is 25.5 Å². The number of rotatable bonds is 2. The minimum atomic E-state index is -0.438. The van der Waals surface area contributed by atoms with Crippen molar-refractivity contribution in [2.45, 2.75) is 6.17 Å². The molecule has 0 radical (unpaired) electrons. The van der Waals surface area contributed by atoms with Crippen LogP contribution in [0, 0.1) is 5.82 Å². The maximum Gasteiger partial charge on any atom is 0.186 e. The van der Waals surface area contributed by atoms with Crippen LogP contribution in [0.2, 0.25) is 0 Å². The second-order valence-electron chi connectivity index (χ2n) is 3.77. The van der Waals surface area contributed by atoms with Crippen molar-refractivity contribution in [1.82, 2.24) is 9.97 Å². The lowest BCUT2D eigenvalue weighted by atomic mass is 10.2. The standard InChI is InChI=1S/C11H9FN6/c12-6-1-3-7(4-2-6)16-11-8-9(13)14-5-15-10(8)17-18-11/h1-5,11,16H,(H2,13,14,15)/t11-/m1/s1. The third kappa shape index (κ3) is 1.75. The number of anilines is 2. The van der Waals surface area contributed by atoms with Gasteiger partial charge < -0.3 is 11.1 Å². The molecule has 90 valence electrons. The highest BCUT2D eigenvalue weighted by molar-refractivity contribution is 5.58. The maximum absolute atomic E-state index is 12.8. The summed E-state index contributed by atoms with van der Waals surface area (Å²) in [4.78, 5) is 7.88. The zero-order valence-electron chi connectivity index (χ0n) is 9.21. The Kier molecular flexibility index (Phi) is 2.36. The molecule has 0 aliphatic carbocycles. The molecule has 0 saturated heterocycles. The normalized spacial score (nSPS) is 16.6. The van der Waals surface area contributed by atoms with Crippen LogP contribution in [0.4, 0.5) is 21.7 Å². The minimum absolute atomic E-state index is 0.295. The molecule has 0 saturated carbocycles. The number of nitrogens with one attached hydrogen (secondary N) is 1. The molecule has 2 heterocycles. The third-order valence-corrected chi connectivity index (χ3v) is 2.58. The quantitative estimate of drug-likeness (QED) is 0.848. The van der Waals surface area contributed by atoms with Crippen LogP contribution in [-0.2, 0) is 0 Å². The molecule has 1 aromatic carbocycles. The predicted octanol–water partition coefficient (Wildman–Crippen LogP) is 2.41. The summed E-state index contributed by atoms with van der Waals surface area (Å²) in [7, 11) is 0. The zero-order chi connectivity index (χ0) is 12.5. The van der Waals surface area contributed by atoms with Crippen molar-refractivity contribution in [2.75, 3.05) is 11.1 Å². The summed E-state index contributed by atoms with van der Waals surface area (Å²) in [5.41, 5.74) is 7.13. The van der Waals surface area contributed by atoms with Crippen LogP contribution in [0.3, 0.4) is 0 Å². The van der Waals surface area contributed by atoms with E-state index in [0.29, 0.717) is 17.2 Å². The number of fused-ring (bicyclic) bond motifs is 1. The number of azo groups is 1. The second-order valence-corrected chi connectivity index (χ2v) is 3.77. The predicted molar refractivity (Wildman–Crippen MR) is 63.7 cm³/mol. The van der Waals surface area contributed by atoms with Crippen LogP contribution in [0.1, 0.15) is 11.7 Å².